The second-order valence-electron chi connectivity index (χ2n) is 7.92. The minimum atomic E-state index is -3.84. The third-order valence-electron chi connectivity index (χ3n) is 5.66. The Bertz CT molecular complexity index is 1350. The number of nitrogens with zero attached hydrogens (tertiary/aromatic N) is 2. The van der Waals surface area contributed by atoms with Crippen LogP contribution in [-0.2, 0) is 14.8 Å². The average molecular weight is 540 g/mol. The van der Waals surface area contributed by atoms with Crippen molar-refractivity contribution in [2.24, 2.45) is 5.73 Å². The van der Waals surface area contributed by atoms with E-state index in [1.54, 1.807) is 6.07 Å². The fourth-order valence-corrected chi connectivity index (χ4v) is 4.84. The lowest BCUT2D eigenvalue weighted by molar-refractivity contribution is 0.0390. The fourth-order valence-electron chi connectivity index (χ4n) is 3.79. The molecule has 0 aliphatic carbocycles. The lowest BCUT2D eigenvalue weighted by Crippen LogP contribution is -2.41. The molecule has 0 spiro atoms. The number of hydrogen-bond acceptors (Lipinski definition) is 8. The van der Waals surface area contributed by atoms with Crippen LogP contribution in [0.5, 0.6) is 5.75 Å². The van der Waals surface area contributed by atoms with E-state index in [1.165, 1.54) is 43.6 Å². The van der Waals surface area contributed by atoms with Crippen molar-refractivity contribution in [3.05, 3.63) is 54.0 Å². The summed E-state index contributed by atoms with van der Waals surface area (Å²) in [7, 11) is -2.51. The van der Waals surface area contributed by atoms with Gasteiger partial charge in [0.15, 0.2) is 11.6 Å². The first-order chi connectivity index (χ1) is 16.8. The van der Waals surface area contributed by atoms with Crippen LogP contribution in [0.2, 0.25) is 0 Å². The Morgan fingerprint density at radius 1 is 1.22 bits per heavy atom. The van der Waals surface area contributed by atoms with Gasteiger partial charge >= 0.3 is 0 Å². The molecule has 10 nitrogen and oxygen atoms in total. The van der Waals surface area contributed by atoms with Crippen LogP contribution in [0.4, 0.5) is 15.8 Å². The number of carbonyl (C=O) groups excluding carboxylic acids is 1. The van der Waals surface area contributed by atoms with Crippen LogP contribution in [0, 0.1) is 5.82 Å². The van der Waals surface area contributed by atoms with Crippen molar-refractivity contribution in [1.82, 2.24) is 14.6 Å². The van der Waals surface area contributed by atoms with Crippen molar-refractivity contribution in [2.45, 2.75) is 4.90 Å². The van der Waals surface area contributed by atoms with E-state index >= 15 is 0 Å². The number of benzene rings is 2. The molecule has 3 aromatic rings. The highest BCUT2D eigenvalue weighted by Crippen LogP contribution is 2.32. The smallest absolute Gasteiger partial charge is 0.252 e. The minimum Gasteiger partial charge on any atom is -0.494 e. The molecule has 36 heavy (non-hydrogen) atoms. The molecule has 0 saturated carbocycles. The van der Waals surface area contributed by atoms with E-state index in [0.717, 1.165) is 13.1 Å². The van der Waals surface area contributed by atoms with E-state index in [4.69, 9.17) is 15.2 Å². The first kappa shape index (κ1) is 27.6. The van der Waals surface area contributed by atoms with Gasteiger partial charge in [0.1, 0.15) is 0 Å². The number of nitrogens with two attached hydrogens (primary N) is 1. The number of pyridine rings is 1. The standard InChI is InChI=1S/C23H26FN5O5S.ClH/c1-33-21-12-15(2-4-19(21)24)28-22-17-13-16(3-5-20(17)26-14-18(22)23(25)30)35(31,32)27-6-7-29-8-10-34-11-9-29;/h2-5,12-14,27H,6-11H2,1H3,(H2,25,30)(H,26,28);1H. The lowest BCUT2D eigenvalue weighted by atomic mass is 10.1. The molecule has 2 heterocycles. The van der Waals surface area contributed by atoms with Gasteiger partial charge in [0, 0.05) is 49.5 Å². The number of aromatic nitrogens is 1. The van der Waals surface area contributed by atoms with Gasteiger partial charge in [0.05, 0.1) is 42.0 Å². The van der Waals surface area contributed by atoms with Gasteiger partial charge in [-0.1, -0.05) is 0 Å². The van der Waals surface area contributed by atoms with Crippen molar-refractivity contribution in [1.29, 1.82) is 0 Å². The van der Waals surface area contributed by atoms with Gasteiger partial charge in [0.2, 0.25) is 10.0 Å². The highest BCUT2D eigenvalue weighted by molar-refractivity contribution is 7.89. The number of nitrogens with one attached hydrogen (secondary N) is 2. The molecular weight excluding hydrogens is 513 g/mol. The molecule has 0 bridgehead atoms. The summed E-state index contributed by atoms with van der Waals surface area (Å²) in [6.45, 7) is 3.55. The number of sulfonamides is 1. The maximum Gasteiger partial charge on any atom is 0.252 e. The molecule has 0 unspecified atom stereocenters. The summed E-state index contributed by atoms with van der Waals surface area (Å²) < 4.78 is 52.8. The summed E-state index contributed by atoms with van der Waals surface area (Å²) >= 11 is 0. The number of carbonyl (C=O) groups is 1. The number of halogens is 2. The third-order valence-corrected chi connectivity index (χ3v) is 7.12. The molecule has 1 saturated heterocycles. The van der Waals surface area contributed by atoms with Crippen LogP contribution in [0.25, 0.3) is 10.9 Å². The van der Waals surface area contributed by atoms with E-state index in [1.807, 2.05) is 0 Å². The molecule has 4 N–H and O–H groups in total. The predicted molar refractivity (Wildman–Crippen MR) is 136 cm³/mol. The maximum atomic E-state index is 13.9. The first-order valence-corrected chi connectivity index (χ1v) is 12.4. The van der Waals surface area contributed by atoms with Crippen LogP contribution >= 0.6 is 12.4 Å². The molecule has 1 fully saturated rings. The Hall–Kier alpha value is -3.03. The van der Waals surface area contributed by atoms with Gasteiger partial charge in [-0.3, -0.25) is 14.7 Å². The van der Waals surface area contributed by atoms with Crippen LogP contribution < -0.4 is 20.5 Å². The number of rotatable bonds is 9. The summed E-state index contributed by atoms with van der Waals surface area (Å²) in [6.07, 6.45) is 1.31. The molecule has 1 amide bonds. The zero-order valence-electron chi connectivity index (χ0n) is 19.5. The van der Waals surface area contributed by atoms with E-state index in [9.17, 15) is 17.6 Å². The second kappa shape index (κ2) is 11.8. The molecule has 0 atom stereocenters. The Kier molecular flexibility index (Phi) is 9.03. The number of ether oxygens (including phenoxy) is 2. The minimum absolute atomic E-state index is 0. The number of morpholine rings is 1. The molecule has 194 valence electrons. The zero-order chi connectivity index (χ0) is 25.0. The summed E-state index contributed by atoms with van der Waals surface area (Å²) in [5, 5.41) is 3.40. The van der Waals surface area contributed by atoms with Crippen molar-refractivity contribution in [3.8, 4) is 5.75 Å². The topological polar surface area (TPSA) is 136 Å². The zero-order valence-corrected chi connectivity index (χ0v) is 21.1. The van der Waals surface area contributed by atoms with Crippen molar-refractivity contribution in [2.75, 3.05) is 51.8 Å². The number of hydrogen-bond donors (Lipinski definition) is 3. The Morgan fingerprint density at radius 3 is 2.67 bits per heavy atom. The third kappa shape index (κ3) is 6.20. The highest BCUT2D eigenvalue weighted by atomic mass is 35.5. The van der Waals surface area contributed by atoms with Crippen molar-refractivity contribution < 1.29 is 27.1 Å². The Morgan fingerprint density at radius 2 is 1.97 bits per heavy atom. The molecule has 4 rings (SSSR count). The number of primary amides is 1. The summed E-state index contributed by atoms with van der Waals surface area (Å²) in [5.74, 6) is -1.31. The van der Waals surface area contributed by atoms with Crippen molar-refractivity contribution >= 4 is 50.6 Å². The first-order valence-electron chi connectivity index (χ1n) is 10.9. The van der Waals surface area contributed by atoms with Crippen LogP contribution in [0.15, 0.2) is 47.5 Å². The maximum absolute atomic E-state index is 13.9. The summed E-state index contributed by atoms with van der Waals surface area (Å²) in [6, 6.07) is 8.51. The van der Waals surface area contributed by atoms with Gasteiger partial charge < -0.3 is 20.5 Å². The van der Waals surface area contributed by atoms with Gasteiger partial charge in [-0.05, 0) is 30.3 Å². The van der Waals surface area contributed by atoms with Gasteiger partial charge in [-0.25, -0.2) is 17.5 Å². The molecule has 2 aromatic carbocycles. The number of anilines is 2. The molecule has 13 heteroatoms. The number of fused-ring (bicyclic) bond motifs is 1. The molecule has 1 aliphatic rings. The summed E-state index contributed by atoms with van der Waals surface area (Å²) in [4.78, 5) is 18.5. The largest absolute Gasteiger partial charge is 0.494 e. The highest BCUT2D eigenvalue weighted by Gasteiger charge is 2.20. The van der Waals surface area contributed by atoms with E-state index in [0.29, 0.717) is 36.3 Å². The Balaban J connectivity index is 0.00000361. The van der Waals surface area contributed by atoms with Crippen molar-refractivity contribution in [3.63, 3.8) is 0 Å². The second-order valence-corrected chi connectivity index (χ2v) is 9.68. The van der Waals surface area contributed by atoms with Gasteiger partial charge in [-0.2, -0.15) is 0 Å². The Labute approximate surface area is 214 Å². The van der Waals surface area contributed by atoms with Crippen LogP contribution in [0.1, 0.15) is 10.4 Å². The lowest BCUT2D eigenvalue weighted by Gasteiger charge is -2.26. The predicted octanol–water partition coefficient (Wildman–Crippen LogP) is 2.26. The fraction of sp³-hybridized carbons (Fsp3) is 0.304. The molecule has 1 aliphatic heterocycles. The molecular formula is C23H27ClFN5O5S. The quantitative estimate of drug-likeness (QED) is 0.377. The van der Waals surface area contributed by atoms with E-state index < -0.39 is 21.7 Å². The average Bonchev–Trinajstić information content (AvgIpc) is 2.85. The normalized spacial score (nSPS) is 14.3. The van der Waals surface area contributed by atoms with Gasteiger partial charge in [0.25, 0.3) is 5.91 Å². The summed E-state index contributed by atoms with van der Waals surface area (Å²) in [5.41, 5.74) is 6.71. The van der Waals surface area contributed by atoms with Gasteiger partial charge in [-0.15, -0.1) is 12.4 Å². The monoisotopic (exact) mass is 539 g/mol. The number of amides is 1. The van der Waals surface area contributed by atoms with Crippen LogP contribution in [-0.4, -0.2) is 70.7 Å². The molecule has 1 aromatic heterocycles. The van der Waals surface area contributed by atoms with E-state index in [-0.39, 0.29) is 40.8 Å². The van der Waals surface area contributed by atoms with E-state index in [2.05, 4.69) is 19.9 Å². The molecule has 0 radical (unpaired) electrons. The number of methoxy groups -OCH3 is 1. The SMILES string of the molecule is COc1cc(Nc2c(C(N)=O)cnc3ccc(S(=O)(=O)NCCN4CCOCC4)cc23)ccc1F.Cl. The van der Waals surface area contributed by atoms with Crippen LogP contribution in [0.3, 0.4) is 0 Å².